The number of halogens is 1. The van der Waals surface area contributed by atoms with Crippen LogP contribution in [0, 0.1) is 5.92 Å². The predicted molar refractivity (Wildman–Crippen MR) is 109 cm³/mol. The molecule has 2 fully saturated rings. The Morgan fingerprint density at radius 1 is 1.36 bits per heavy atom. The lowest BCUT2D eigenvalue weighted by molar-refractivity contribution is -0.135. The Morgan fingerprint density at radius 3 is 2.71 bits per heavy atom. The number of rotatable bonds is 5. The molecule has 0 bridgehead atoms. The van der Waals surface area contributed by atoms with Crippen molar-refractivity contribution >= 4 is 29.6 Å². The summed E-state index contributed by atoms with van der Waals surface area (Å²) in [6.07, 6.45) is 7.71. The molecule has 1 heterocycles. The van der Waals surface area contributed by atoms with Gasteiger partial charge >= 0.3 is 5.97 Å². The Morgan fingerprint density at radius 2 is 2.07 bits per heavy atom. The number of ether oxygens (including phenoxy) is 1. The second-order valence-corrected chi connectivity index (χ2v) is 8.56. The van der Waals surface area contributed by atoms with E-state index in [1.54, 1.807) is 12.1 Å². The first-order chi connectivity index (χ1) is 13.3. The monoisotopic (exact) mass is 405 g/mol. The first-order valence-electron chi connectivity index (χ1n) is 9.86. The Hall–Kier alpha value is -1.85. The highest BCUT2D eigenvalue weighted by Crippen LogP contribution is 2.35. The third-order valence-electron chi connectivity index (χ3n) is 5.98. The highest BCUT2D eigenvalue weighted by Gasteiger charge is 2.39. The highest BCUT2D eigenvalue weighted by molar-refractivity contribution is 6.31. The van der Waals surface area contributed by atoms with Gasteiger partial charge in [0.1, 0.15) is 0 Å². The molecular formula is C22H28ClNO4. The molecule has 1 saturated heterocycles. The number of hydrogen-bond acceptors (Lipinski definition) is 4. The van der Waals surface area contributed by atoms with Crippen LogP contribution in [0.1, 0.15) is 50.2 Å². The Bertz CT molecular complexity index is 764. The maximum Gasteiger partial charge on any atom is 0.330 e. The normalized spacial score (nSPS) is 28.1. The maximum atomic E-state index is 12.9. The van der Waals surface area contributed by atoms with Gasteiger partial charge in [-0.1, -0.05) is 23.7 Å². The van der Waals surface area contributed by atoms with Gasteiger partial charge in [-0.05, 0) is 68.7 Å². The van der Waals surface area contributed by atoms with E-state index < -0.39 is 11.6 Å². The molecule has 0 radical (unpaired) electrons. The molecule has 1 aliphatic heterocycles. The van der Waals surface area contributed by atoms with Gasteiger partial charge in [0.25, 0.3) is 0 Å². The van der Waals surface area contributed by atoms with Crippen molar-refractivity contribution in [2.45, 2.75) is 57.1 Å². The molecule has 2 aliphatic rings. The van der Waals surface area contributed by atoms with E-state index in [9.17, 15) is 14.7 Å². The van der Waals surface area contributed by atoms with E-state index in [4.69, 9.17) is 11.6 Å². The number of likely N-dealkylation sites (tertiary alicyclic amines) is 1. The van der Waals surface area contributed by atoms with Gasteiger partial charge in [-0.15, -0.1) is 0 Å². The topological polar surface area (TPSA) is 66.8 Å². The van der Waals surface area contributed by atoms with Crippen molar-refractivity contribution in [3.8, 4) is 0 Å². The molecule has 152 valence electrons. The van der Waals surface area contributed by atoms with E-state index in [-0.39, 0.29) is 17.9 Å². The van der Waals surface area contributed by atoms with E-state index in [2.05, 4.69) is 4.74 Å². The standard InChI is InChI=1S/C22H28ClNO4/c1-22(27)10-7-18(8-11-22)24-12-9-17(21(24)26)14-16-5-3-15(13-19(16)23)4-6-20(25)28-2/h3-6,13,17-18,27H,7-12,14H2,1-2H3. The zero-order valence-corrected chi connectivity index (χ0v) is 17.2. The molecule has 1 N–H and O–H groups in total. The lowest BCUT2D eigenvalue weighted by Crippen LogP contribution is -2.43. The fraction of sp³-hybridized carbons (Fsp3) is 0.545. The number of methoxy groups -OCH3 is 1. The van der Waals surface area contributed by atoms with Crippen molar-refractivity contribution in [3.05, 3.63) is 40.4 Å². The van der Waals surface area contributed by atoms with Crippen molar-refractivity contribution < 1.29 is 19.4 Å². The molecule has 0 spiro atoms. The second kappa shape index (κ2) is 8.66. The van der Waals surface area contributed by atoms with Crippen molar-refractivity contribution in [3.63, 3.8) is 0 Å². The van der Waals surface area contributed by atoms with E-state index in [0.29, 0.717) is 11.4 Å². The molecule has 1 amide bonds. The molecule has 1 atom stereocenters. The SMILES string of the molecule is COC(=O)C=Cc1ccc(CC2CCN(C3CCC(C)(O)CC3)C2=O)c(Cl)c1. The number of benzene rings is 1. The summed E-state index contributed by atoms with van der Waals surface area (Å²) in [7, 11) is 1.33. The van der Waals surface area contributed by atoms with Crippen LogP contribution in [0.4, 0.5) is 0 Å². The van der Waals surface area contributed by atoms with Gasteiger partial charge in [0.05, 0.1) is 12.7 Å². The minimum atomic E-state index is -0.587. The third-order valence-corrected chi connectivity index (χ3v) is 6.33. The average molecular weight is 406 g/mol. The molecule has 1 unspecified atom stereocenters. The summed E-state index contributed by atoms with van der Waals surface area (Å²) in [5.41, 5.74) is 1.17. The van der Waals surface area contributed by atoms with Gasteiger partial charge in [-0.25, -0.2) is 4.79 Å². The van der Waals surface area contributed by atoms with Crippen LogP contribution in [0.25, 0.3) is 6.08 Å². The van der Waals surface area contributed by atoms with Gasteiger partial charge in [0, 0.05) is 29.6 Å². The summed E-state index contributed by atoms with van der Waals surface area (Å²) in [6.45, 7) is 2.66. The van der Waals surface area contributed by atoms with Crippen LogP contribution in [-0.4, -0.2) is 47.2 Å². The number of carbonyl (C=O) groups is 2. The molecule has 6 heteroatoms. The second-order valence-electron chi connectivity index (χ2n) is 8.16. The molecule has 1 aromatic rings. The third kappa shape index (κ3) is 4.95. The maximum absolute atomic E-state index is 12.9. The lowest BCUT2D eigenvalue weighted by atomic mass is 9.83. The number of aliphatic hydroxyl groups is 1. The van der Waals surface area contributed by atoms with Gasteiger partial charge in [0.2, 0.25) is 5.91 Å². The summed E-state index contributed by atoms with van der Waals surface area (Å²) in [5, 5.41) is 10.7. The first-order valence-corrected chi connectivity index (χ1v) is 10.2. The van der Waals surface area contributed by atoms with Crippen LogP contribution >= 0.6 is 11.6 Å². The Kier molecular flexibility index (Phi) is 6.46. The van der Waals surface area contributed by atoms with Crippen molar-refractivity contribution in [1.82, 2.24) is 4.90 Å². The zero-order valence-electron chi connectivity index (χ0n) is 16.5. The van der Waals surface area contributed by atoms with E-state index in [1.165, 1.54) is 13.2 Å². The molecule has 1 aliphatic carbocycles. The van der Waals surface area contributed by atoms with Crippen LogP contribution in [-0.2, 0) is 20.7 Å². The van der Waals surface area contributed by atoms with Crippen molar-refractivity contribution in [1.29, 1.82) is 0 Å². The lowest BCUT2D eigenvalue weighted by Gasteiger charge is -2.37. The minimum absolute atomic E-state index is 0.0450. The fourth-order valence-electron chi connectivity index (χ4n) is 4.18. The molecule has 1 saturated carbocycles. The number of nitrogens with zero attached hydrogens (tertiary/aromatic N) is 1. The summed E-state index contributed by atoms with van der Waals surface area (Å²) >= 11 is 6.42. The smallest absolute Gasteiger partial charge is 0.330 e. The minimum Gasteiger partial charge on any atom is -0.466 e. The van der Waals surface area contributed by atoms with E-state index in [1.807, 2.05) is 24.0 Å². The molecule has 5 nitrogen and oxygen atoms in total. The van der Waals surface area contributed by atoms with Gasteiger partial charge in [-0.2, -0.15) is 0 Å². The van der Waals surface area contributed by atoms with E-state index >= 15 is 0 Å². The van der Waals surface area contributed by atoms with Gasteiger partial charge in [-0.3, -0.25) is 4.79 Å². The largest absolute Gasteiger partial charge is 0.466 e. The van der Waals surface area contributed by atoms with Crippen molar-refractivity contribution in [2.75, 3.05) is 13.7 Å². The van der Waals surface area contributed by atoms with Crippen LogP contribution in [0.5, 0.6) is 0 Å². The molecule has 0 aromatic heterocycles. The van der Waals surface area contributed by atoms with Crippen LogP contribution in [0.3, 0.4) is 0 Å². The summed E-state index contributed by atoms with van der Waals surface area (Å²) < 4.78 is 4.58. The summed E-state index contributed by atoms with van der Waals surface area (Å²) in [6, 6.07) is 5.87. The van der Waals surface area contributed by atoms with Crippen LogP contribution in [0.15, 0.2) is 24.3 Å². The Labute approximate surface area is 171 Å². The number of amides is 1. The molecule has 1 aromatic carbocycles. The first kappa shape index (κ1) is 20.9. The van der Waals surface area contributed by atoms with Crippen molar-refractivity contribution in [2.24, 2.45) is 5.92 Å². The molecule has 3 rings (SSSR count). The van der Waals surface area contributed by atoms with Gasteiger partial charge in [0.15, 0.2) is 0 Å². The fourth-order valence-corrected chi connectivity index (χ4v) is 4.45. The average Bonchev–Trinajstić information content (AvgIpc) is 3.02. The predicted octanol–water partition coefficient (Wildman–Crippen LogP) is 3.61. The quantitative estimate of drug-likeness (QED) is 0.600. The number of esters is 1. The van der Waals surface area contributed by atoms with Crippen LogP contribution in [0.2, 0.25) is 5.02 Å². The highest BCUT2D eigenvalue weighted by atomic mass is 35.5. The number of hydrogen-bond donors (Lipinski definition) is 1. The van der Waals surface area contributed by atoms with Crippen LogP contribution < -0.4 is 0 Å². The summed E-state index contributed by atoms with van der Waals surface area (Å²) in [5.74, 6) is -0.255. The Balaban J connectivity index is 1.61. The molecular weight excluding hydrogens is 378 g/mol. The number of carbonyl (C=O) groups excluding carboxylic acids is 2. The van der Waals surface area contributed by atoms with E-state index in [0.717, 1.165) is 49.8 Å². The van der Waals surface area contributed by atoms with Gasteiger partial charge < -0.3 is 14.7 Å². The zero-order chi connectivity index (χ0) is 20.3. The molecule has 28 heavy (non-hydrogen) atoms. The summed E-state index contributed by atoms with van der Waals surface area (Å²) in [4.78, 5) is 26.1.